The second kappa shape index (κ2) is 5.87. The predicted octanol–water partition coefficient (Wildman–Crippen LogP) is 2.60. The lowest BCUT2D eigenvalue weighted by Gasteiger charge is -2.12. The third-order valence-electron chi connectivity index (χ3n) is 2.30. The van der Waals surface area contributed by atoms with Crippen molar-refractivity contribution in [2.75, 3.05) is 6.61 Å². The van der Waals surface area contributed by atoms with Crippen LogP contribution in [0.25, 0.3) is 0 Å². The minimum absolute atomic E-state index is 0.189. The first-order chi connectivity index (χ1) is 7.54. The first-order valence-electron chi connectivity index (χ1n) is 5.21. The zero-order chi connectivity index (χ0) is 12.1. The van der Waals surface area contributed by atoms with E-state index in [1.54, 1.807) is 13.0 Å². The molecule has 16 heavy (non-hydrogen) atoms. The van der Waals surface area contributed by atoms with E-state index in [0.717, 1.165) is 11.1 Å². The Morgan fingerprint density at radius 1 is 1.56 bits per heavy atom. The second-order valence-electron chi connectivity index (χ2n) is 3.62. The SMILES string of the molecule is CCOC(=O)C[C@H](N)c1ccc(Cl)c(C)c1. The van der Waals surface area contributed by atoms with E-state index in [-0.39, 0.29) is 18.4 Å². The number of carbonyl (C=O) groups excluding carboxylic acids is 1. The summed E-state index contributed by atoms with van der Waals surface area (Å²) in [4.78, 5) is 11.3. The number of hydrogen-bond donors (Lipinski definition) is 1. The van der Waals surface area contributed by atoms with Crippen molar-refractivity contribution in [3.8, 4) is 0 Å². The number of esters is 1. The summed E-state index contributed by atoms with van der Waals surface area (Å²) in [6.45, 7) is 4.06. The lowest BCUT2D eigenvalue weighted by Crippen LogP contribution is -2.17. The highest BCUT2D eigenvalue weighted by molar-refractivity contribution is 6.31. The smallest absolute Gasteiger partial charge is 0.307 e. The zero-order valence-electron chi connectivity index (χ0n) is 9.50. The molecule has 0 aliphatic heterocycles. The molecule has 1 aromatic carbocycles. The zero-order valence-corrected chi connectivity index (χ0v) is 10.3. The number of benzene rings is 1. The molecule has 0 unspecified atom stereocenters. The van der Waals surface area contributed by atoms with Crippen LogP contribution >= 0.6 is 11.6 Å². The van der Waals surface area contributed by atoms with Gasteiger partial charge in [0.15, 0.2) is 0 Å². The Kier molecular flexibility index (Phi) is 4.77. The Balaban J connectivity index is 2.69. The molecule has 0 aliphatic rings. The van der Waals surface area contributed by atoms with Gasteiger partial charge in [-0.15, -0.1) is 0 Å². The molecular weight excluding hydrogens is 226 g/mol. The number of halogens is 1. The largest absolute Gasteiger partial charge is 0.466 e. The molecule has 1 atom stereocenters. The van der Waals surface area contributed by atoms with Gasteiger partial charge in [-0.25, -0.2) is 0 Å². The van der Waals surface area contributed by atoms with Crippen LogP contribution in [-0.2, 0) is 9.53 Å². The molecule has 2 N–H and O–H groups in total. The Bertz CT molecular complexity index is 379. The minimum atomic E-state index is -0.338. The topological polar surface area (TPSA) is 52.3 Å². The van der Waals surface area contributed by atoms with E-state index in [1.165, 1.54) is 0 Å². The van der Waals surface area contributed by atoms with Gasteiger partial charge in [-0.3, -0.25) is 4.79 Å². The van der Waals surface area contributed by atoms with Crippen molar-refractivity contribution in [3.63, 3.8) is 0 Å². The maximum atomic E-state index is 11.3. The molecule has 0 amide bonds. The molecule has 0 saturated heterocycles. The van der Waals surface area contributed by atoms with Crippen molar-refractivity contribution in [1.29, 1.82) is 0 Å². The fourth-order valence-corrected chi connectivity index (χ4v) is 1.53. The van der Waals surface area contributed by atoms with Gasteiger partial charge in [0.2, 0.25) is 0 Å². The van der Waals surface area contributed by atoms with Gasteiger partial charge in [-0.05, 0) is 31.0 Å². The van der Waals surface area contributed by atoms with Gasteiger partial charge >= 0.3 is 5.97 Å². The van der Waals surface area contributed by atoms with Gasteiger partial charge in [0.1, 0.15) is 0 Å². The molecule has 0 aliphatic carbocycles. The van der Waals surface area contributed by atoms with E-state index >= 15 is 0 Å². The van der Waals surface area contributed by atoms with E-state index in [0.29, 0.717) is 11.6 Å². The van der Waals surface area contributed by atoms with E-state index in [1.807, 2.05) is 19.1 Å². The van der Waals surface area contributed by atoms with Gasteiger partial charge < -0.3 is 10.5 Å². The van der Waals surface area contributed by atoms with Crippen LogP contribution in [0.15, 0.2) is 18.2 Å². The van der Waals surface area contributed by atoms with Crippen molar-refractivity contribution in [1.82, 2.24) is 0 Å². The Morgan fingerprint density at radius 3 is 2.81 bits per heavy atom. The fraction of sp³-hybridized carbons (Fsp3) is 0.417. The standard InChI is InChI=1S/C12H16ClNO2/c1-3-16-12(15)7-11(14)9-4-5-10(13)8(2)6-9/h4-6,11H,3,7,14H2,1-2H3/t11-/m0/s1. The highest BCUT2D eigenvalue weighted by Gasteiger charge is 2.12. The lowest BCUT2D eigenvalue weighted by atomic mass is 10.0. The Morgan fingerprint density at radius 2 is 2.25 bits per heavy atom. The van der Waals surface area contributed by atoms with Crippen LogP contribution in [0.3, 0.4) is 0 Å². The van der Waals surface area contributed by atoms with Crippen molar-refractivity contribution >= 4 is 17.6 Å². The third-order valence-corrected chi connectivity index (χ3v) is 2.73. The van der Waals surface area contributed by atoms with Crippen LogP contribution in [0.4, 0.5) is 0 Å². The molecule has 0 radical (unpaired) electrons. The molecule has 1 rings (SSSR count). The van der Waals surface area contributed by atoms with Gasteiger partial charge in [-0.1, -0.05) is 23.7 Å². The molecule has 0 aromatic heterocycles. The summed E-state index contributed by atoms with van der Waals surface area (Å²) in [5, 5.41) is 0.701. The van der Waals surface area contributed by atoms with E-state index < -0.39 is 0 Å². The maximum Gasteiger partial charge on any atom is 0.307 e. The summed E-state index contributed by atoms with van der Waals surface area (Å²) in [5.74, 6) is -0.275. The molecule has 0 spiro atoms. The molecular formula is C12H16ClNO2. The normalized spacial score (nSPS) is 12.2. The number of aryl methyl sites for hydroxylation is 1. The molecule has 0 bridgehead atoms. The van der Waals surface area contributed by atoms with Gasteiger partial charge in [-0.2, -0.15) is 0 Å². The monoisotopic (exact) mass is 241 g/mol. The van der Waals surface area contributed by atoms with E-state index in [2.05, 4.69) is 0 Å². The minimum Gasteiger partial charge on any atom is -0.466 e. The van der Waals surface area contributed by atoms with Crippen molar-refractivity contribution in [2.24, 2.45) is 5.73 Å². The van der Waals surface area contributed by atoms with E-state index in [4.69, 9.17) is 22.1 Å². The van der Waals surface area contributed by atoms with E-state index in [9.17, 15) is 4.79 Å². The molecule has 88 valence electrons. The maximum absolute atomic E-state index is 11.3. The first kappa shape index (κ1) is 13.0. The number of carbonyl (C=O) groups is 1. The van der Waals surface area contributed by atoms with Crippen molar-refractivity contribution in [2.45, 2.75) is 26.3 Å². The number of nitrogens with two attached hydrogens (primary N) is 1. The van der Waals surface area contributed by atoms with Crippen LogP contribution < -0.4 is 5.73 Å². The summed E-state index contributed by atoms with van der Waals surface area (Å²) < 4.78 is 4.84. The summed E-state index contributed by atoms with van der Waals surface area (Å²) in [6, 6.07) is 5.18. The van der Waals surface area contributed by atoms with Gasteiger partial charge in [0, 0.05) is 11.1 Å². The average molecular weight is 242 g/mol. The fourth-order valence-electron chi connectivity index (χ4n) is 1.42. The van der Waals surface area contributed by atoms with Gasteiger partial charge in [0.05, 0.1) is 13.0 Å². The summed E-state index contributed by atoms with van der Waals surface area (Å²) >= 11 is 5.91. The third kappa shape index (κ3) is 3.51. The molecule has 1 aromatic rings. The second-order valence-corrected chi connectivity index (χ2v) is 4.03. The highest BCUT2D eigenvalue weighted by Crippen LogP contribution is 2.21. The number of ether oxygens (including phenoxy) is 1. The molecule has 4 heteroatoms. The van der Waals surface area contributed by atoms with Crippen LogP contribution in [0.1, 0.15) is 30.5 Å². The average Bonchev–Trinajstić information content (AvgIpc) is 2.22. The molecule has 0 heterocycles. The van der Waals surface area contributed by atoms with Crippen LogP contribution in [0.5, 0.6) is 0 Å². The summed E-state index contributed by atoms with van der Waals surface area (Å²) in [7, 11) is 0. The van der Waals surface area contributed by atoms with Crippen LogP contribution in [0.2, 0.25) is 5.02 Å². The van der Waals surface area contributed by atoms with Crippen LogP contribution in [0, 0.1) is 6.92 Å². The predicted molar refractivity (Wildman–Crippen MR) is 64.4 cm³/mol. The van der Waals surface area contributed by atoms with Crippen LogP contribution in [-0.4, -0.2) is 12.6 Å². The highest BCUT2D eigenvalue weighted by atomic mass is 35.5. The summed E-state index contributed by atoms with van der Waals surface area (Å²) in [6.07, 6.45) is 0.189. The Hall–Kier alpha value is -1.06. The molecule has 3 nitrogen and oxygen atoms in total. The number of rotatable bonds is 4. The lowest BCUT2D eigenvalue weighted by molar-refractivity contribution is -0.143. The van der Waals surface area contributed by atoms with Gasteiger partial charge in [0.25, 0.3) is 0 Å². The quantitative estimate of drug-likeness (QED) is 0.825. The first-order valence-corrected chi connectivity index (χ1v) is 5.59. The van der Waals surface area contributed by atoms with Crippen molar-refractivity contribution in [3.05, 3.63) is 34.3 Å². The molecule has 0 saturated carbocycles. The van der Waals surface area contributed by atoms with Crippen molar-refractivity contribution < 1.29 is 9.53 Å². The molecule has 0 fully saturated rings. The summed E-state index contributed by atoms with van der Waals surface area (Å²) in [5.41, 5.74) is 7.76. The Labute approximate surface area is 101 Å². The number of hydrogen-bond acceptors (Lipinski definition) is 3.